The Hall–Kier alpha value is -2.75. The molecule has 1 aromatic heterocycles. The summed E-state index contributed by atoms with van der Waals surface area (Å²) < 4.78 is 0. The van der Waals surface area contributed by atoms with Gasteiger partial charge in [0.25, 0.3) is 5.91 Å². The first-order valence-corrected chi connectivity index (χ1v) is 6.95. The van der Waals surface area contributed by atoms with Crippen LogP contribution in [0.15, 0.2) is 48.5 Å². The maximum Gasteiger partial charge on any atom is 0.272 e. The van der Waals surface area contributed by atoms with Gasteiger partial charge in [0.2, 0.25) is 0 Å². The molecular weight excluding hydrogens is 262 g/mol. The molecule has 1 amide bonds. The number of aromatic nitrogens is 1. The fourth-order valence-electron chi connectivity index (χ4n) is 2.32. The molecule has 2 aromatic carbocycles. The number of carbonyl (C=O) groups is 1. The molecule has 0 saturated heterocycles. The number of hydrogen-bond acceptors (Lipinski definition) is 2. The Morgan fingerprint density at radius 2 is 1.95 bits per heavy atom. The summed E-state index contributed by atoms with van der Waals surface area (Å²) in [6, 6.07) is 15.3. The maximum absolute atomic E-state index is 12.3. The second-order valence-corrected chi connectivity index (χ2v) is 5.00. The molecule has 0 fully saturated rings. The molecule has 0 aliphatic heterocycles. The number of anilines is 2. The predicted octanol–water partition coefficient (Wildman–Crippen LogP) is 3.56. The van der Waals surface area contributed by atoms with Gasteiger partial charge in [-0.25, -0.2) is 0 Å². The molecule has 3 rings (SSSR count). The van der Waals surface area contributed by atoms with Crippen LogP contribution >= 0.6 is 0 Å². The second kappa shape index (κ2) is 5.32. The molecule has 0 radical (unpaired) electrons. The van der Waals surface area contributed by atoms with Crippen LogP contribution in [0.2, 0.25) is 0 Å². The fourth-order valence-corrected chi connectivity index (χ4v) is 2.32. The largest absolute Gasteiger partial charge is 0.397 e. The molecule has 21 heavy (non-hydrogen) atoms. The number of hydrogen-bond donors (Lipinski definition) is 3. The summed E-state index contributed by atoms with van der Waals surface area (Å²) in [5.74, 6) is -0.171. The summed E-state index contributed by atoms with van der Waals surface area (Å²) >= 11 is 0. The summed E-state index contributed by atoms with van der Waals surface area (Å²) in [4.78, 5) is 15.3. The lowest BCUT2D eigenvalue weighted by Crippen LogP contribution is -2.12. The van der Waals surface area contributed by atoms with Crippen molar-refractivity contribution in [1.82, 2.24) is 4.98 Å². The average Bonchev–Trinajstić information content (AvgIpc) is 2.94. The van der Waals surface area contributed by atoms with Gasteiger partial charge in [0.1, 0.15) is 5.69 Å². The van der Waals surface area contributed by atoms with Gasteiger partial charge in [0.15, 0.2) is 0 Å². The minimum atomic E-state index is -0.171. The number of nitrogens with one attached hydrogen (secondary N) is 2. The van der Waals surface area contributed by atoms with E-state index < -0.39 is 0 Å². The predicted molar refractivity (Wildman–Crippen MR) is 86.5 cm³/mol. The van der Waals surface area contributed by atoms with Crippen LogP contribution in [0.25, 0.3) is 10.9 Å². The van der Waals surface area contributed by atoms with Crippen LogP contribution in [0.5, 0.6) is 0 Å². The van der Waals surface area contributed by atoms with E-state index in [9.17, 15) is 4.79 Å². The highest BCUT2D eigenvalue weighted by Crippen LogP contribution is 2.21. The quantitative estimate of drug-likeness (QED) is 0.641. The molecule has 0 atom stereocenters. The van der Waals surface area contributed by atoms with Crippen molar-refractivity contribution >= 4 is 28.2 Å². The molecule has 1 heterocycles. The van der Waals surface area contributed by atoms with Crippen LogP contribution in [-0.4, -0.2) is 10.9 Å². The number of para-hydroxylation sites is 1. The van der Waals surface area contributed by atoms with Crippen molar-refractivity contribution in [2.75, 3.05) is 11.1 Å². The molecule has 0 saturated carbocycles. The van der Waals surface area contributed by atoms with E-state index in [0.717, 1.165) is 23.0 Å². The van der Waals surface area contributed by atoms with E-state index in [0.29, 0.717) is 11.4 Å². The van der Waals surface area contributed by atoms with Crippen molar-refractivity contribution < 1.29 is 4.79 Å². The van der Waals surface area contributed by atoms with Crippen molar-refractivity contribution in [3.05, 3.63) is 59.8 Å². The third kappa shape index (κ3) is 2.60. The van der Waals surface area contributed by atoms with Crippen molar-refractivity contribution in [2.24, 2.45) is 0 Å². The SMILES string of the molecule is CCc1ccc(NC(=O)c2cc3cccc(N)c3[nH]2)cc1. The number of fused-ring (bicyclic) bond motifs is 1. The number of H-pyrrole nitrogens is 1. The Balaban J connectivity index is 1.84. The van der Waals surface area contributed by atoms with Crippen LogP contribution < -0.4 is 11.1 Å². The zero-order chi connectivity index (χ0) is 14.8. The first kappa shape index (κ1) is 13.2. The molecule has 0 aliphatic carbocycles. The lowest BCUT2D eigenvalue weighted by atomic mass is 10.1. The fraction of sp³-hybridized carbons (Fsp3) is 0.118. The monoisotopic (exact) mass is 279 g/mol. The lowest BCUT2D eigenvalue weighted by Gasteiger charge is -2.04. The van der Waals surface area contributed by atoms with Gasteiger partial charge in [-0.1, -0.05) is 31.2 Å². The van der Waals surface area contributed by atoms with Gasteiger partial charge in [0.05, 0.1) is 11.2 Å². The highest BCUT2D eigenvalue weighted by atomic mass is 16.1. The van der Waals surface area contributed by atoms with Crippen LogP contribution in [-0.2, 0) is 6.42 Å². The molecule has 4 heteroatoms. The standard InChI is InChI=1S/C17H17N3O/c1-2-11-6-8-13(9-7-11)19-17(21)15-10-12-4-3-5-14(18)16(12)20-15/h3-10,20H,2,18H2,1H3,(H,19,21). The summed E-state index contributed by atoms with van der Waals surface area (Å²) in [6.45, 7) is 2.10. The van der Waals surface area contributed by atoms with Crippen molar-refractivity contribution in [1.29, 1.82) is 0 Å². The third-order valence-electron chi connectivity index (χ3n) is 3.55. The van der Waals surface area contributed by atoms with Gasteiger partial charge in [-0.15, -0.1) is 0 Å². The zero-order valence-corrected chi connectivity index (χ0v) is 11.8. The normalized spacial score (nSPS) is 10.7. The summed E-state index contributed by atoms with van der Waals surface area (Å²) in [7, 11) is 0. The Morgan fingerprint density at radius 3 is 2.62 bits per heavy atom. The van der Waals surface area contributed by atoms with E-state index >= 15 is 0 Å². The number of aromatic amines is 1. The Labute approximate surface area is 123 Å². The van der Waals surface area contributed by atoms with Gasteiger partial charge < -0.3 is 16.0 Å². The summed E-state index contributed by atoms with van der Waals surface area (Å²) in [5, 5.41) is 3.81. The number of nitrogen functional groups attached to an aromatic ring is 1. The molecule has 3 aromatic rings. The lowest BCUT2D eigenvalue weighted by molar-refractivity contribution is 0.102. The van der Waals surface area contributed by atoms with Gasteiger partial charge in [0, 0.05) is 11.1 Å². The molecule has 0 bridgehead atoms. The van der Waals surface area contributed by atoms with Crippen molar-refractivity contribution in [2.45, 2.75) is 13.3 Å². The minimum Gasteiger partial charge on any atom is -0.397 e. The van der Waals surface area contributed by atoms with E-state index in [1.165, 1.54) is 5.56 Å². The molecule has 4 N–H and O–H groups in total. The number of benzene rings is 2. The van der Waals surface area contributed by atoms with Gasteiger partial charge in [-0.2, -0.15) is 0 Å². The van der Waals surface area contributed by atoms with E-state index in [1.807, 2.05) is 42.5 Å². The maximum atomic E-state index is 12.3. The van der Waals surface area contributed by atoms with Crippen LogP contribution in [0.4, 0.5) is 11.4 Å². The number of nitrogens with two attached hydrogens (primary N) is 1. The summed E-state index contributed by atoms with van der Waals surface area (Å²) in [6.07, 6.45) is 0.982. The van der Waals surface area contributed by atoms with E-state index in [1.54, 1.807) is 6.07 Å². The van der Waals surface area contributed by atoms with E-state index in [-0.39, 0.29) is 5.91 Å². The van der Waals surface area contributed by atoms with Crippen LogP contribution in [0.1, 0.15) is 23.0 Å². The van der Waals surface area contributed by atoms with Crippen molar-refractivity contribution in [3.63, 3.8) is 0 Å². The number of carbonyl (C=O) groups excluding carboxylic acids is 1. The van der Waals surface area contributed by atoms with Gasteiger partial charge >= 0.3 is 0 Å². The Morgan fingerprint density at radius 1 is 1.19 bits per heavy atom. The third-order valence-corrected chi connectivity index (χ3v) is 3.55. The molecule has 4 nitrogen and oxygen atoms in total. The molecule has 106 valence electrons. The number of rotatable bonds is 3. The Bertz CT molecular complexity index is 787. The van der Waals surface area contributed by atoms with Crippen molar-refractivity contribution in [3.8, 4) is 0 Å². The first-order chi connectivity index (χ1) is 10.2. The average molecular weight is 279 g/mol. The Kier molecular flexibility index (Phi) is 3.36. The highest BCUT2D eigenvalue weighted by Gasteiger charge is 2.10. The molecule has 0 unspecified atom stereocenters. The van der Waals surface area contributed by atoms with Gasteiger partial charge in [-0.3, -0.25) is 4.79 Å². The highest BCUT2D eigenvalue weighted by molar-refractivity contribution is 6.07. The molecule has 0 aliphatic rings. The topological polar surface area (TPSA) is 70.9 Å². The van der Waals surface area contributed by atoms with E-state index in [4.69, 9.17) is 5.73 Å². The minimum absolute atomic E-state index is 0.171. The number of aryl methyl sites for hydroxylation is 1. The zero-order valence-electron chi connectivity index (χ0n) is 11.8. The van der Waals surface area contributed by atoms with Crippen LogP contribution in [0.3, 0.4) is 0 Å². The van der Waals surface area contributed by atoms with E-state index in [2.05, 4.69) is 17.2 Å². The van der Waals surface area contributed by atoms with Gasteiger partial charge in [-0.05, 0) is 36.2 Å². The molecular formula is C17H17N3O. The number of amides is 1. The summed E-state index contributed by atoms with van der Waals surface area (Å²) in [5.41, 5.74) is 9.85. The smallest absolute Gasteiger partial charge is 0.272 e. The second-order valence-electron chi connectivity index (χ2n) is 5.00. The first-order valence-electron chi connectivity index (χ1n) is 6.95. The van der Waals surface area contributed by atoms with Crippen LogP contribution in [0, 0.1) is 0 Å². The molecule has 0 spiro atoms.